The summed E-state index contributed by atoms with van der Waals surface area (Å²) in [5.41, 5.74) is 2.20. The molecule has 1 saturated carbocycles. The number of methoxy groups -OCH3 is 2. The van der Waals surface area contributed by atoms with E-state index in [-0.39, 0.29) is 30.2 Å². The smallest absolute Gasteiger partial charge is 0.238 e. The molecule has 2 aliphatic carbocycles. The number of thioether (sulfide) groups is 1. The van der Waals surface area contributed by atoms with Crippen molar-refractivity contribution in [1.82, 2.24) is 4.98 Å². The molecule has 0 saturated heterocycles. The van der Waals surface area contributed by atoms with E-state index < -0.39 is 5.60 Å². The van der Waals surface area contributed by atoms with E-state index in [2.05, 4.69) is 17.9 Å². The number of aromatic nitrogens is 1. The summed E-state index contributed by atoms with van der Waals surface area (Å²) in [5, 5.41) is 0.00244. The molecule has 6 nitrogen and oxygen atoms in total. The highest BCUT2D eigenvalue weighted by Gasteiger charge is 2.46. The molecular formula is C27H37NO5S. The lowest BCUT2D eigenvalue weighted by Gasteiger charge is -2.36. The van der Waals surface area contributed by atoms with Crippen molar-refractivity contribution in [3.8, 4) is 11.8 Å². The summed E-state index contributed by atoms with van der Waals surface area (Å²) in [7, 11) is 3.07. The van der Waals surface area contributed by atoms with Crippen LogP contribution < -0.4 is 0 Å². The number of ether oxygens (including phenoxy) is 3. The van der Waals surface area contributed by atoms with Crippen LogP contribution in [-0.4, -0.2) is 54.9 Å². The number of ketones is 1. The fourth-order valence-corrected chi connectivity index (χ4v) is 5.50. The van der Waals surface area contributed by atoms with E-state index in [0.717, 1.165) is 24.5 Å². The third-order valence-corrected chi connectivity index (χ3v) is 8.00. The topological polar surface area (TPSA) is 74.7 Å². The Hall–Kier alpha value is -1.72. The van der Waals surface area contributed by atoms with Gasteiger partial charge in [-0.15, -0.1) is 0 Å². The molecule has 34 heavy (non-hydrogen) atoms. The van der Waals surface area contributed by atoms with Gasteiger partial charge in [-0.2, -0.15) is 0 Å². The van der Waals surface area contributed by atoms with Crippen LogP contribution >= 0.6 is 11.8 Å². The average Bonchev–Trinajstić information content (AvgIpc) is 3.56. The predicted octanol–water partition coefficient (Wildman–Crippen LogP) is 4.02. The number of rotatable bonds is 13. The number of carbonyl (C=O) groups excluding carboxylic acids is 2. The summed E-state index contributed by atoms with van der Waals surface area (Å²) < 4.78 is 16.4. The van der Waals surface area contributed by atoms with Crippen LogP contribution in [0.5, 0.6) is 0 Å². The second-order valence-electron chi connectivity index (χ2n) is 9.57. The predicted molar refractivity (Wildman–Crippen MR) is 133 cm³/mol. The molecule has 0 spiro atoms. The van der Waals surface area contributed by atoms with Crippen molar-refractivity contribution >= 4 is 22.7 Å². The van der Waals surface area contributed by atoms with Crippen LogP contribution in [0.15, 0.2) is 12.3 Å². The van der Waals surface area contributed by atoms with Crippen molar-refractivity contribution in [2.24, 2.45) is 17.8 Å². The Kier molecular flexibility index (Phi) is 10.1. The third kappa shape index (κ3) is 7.14. The molecule has 0 radical (unpaired) electrons. The van der Waals surface area contributed by atoms with Gasteiger partial charge in [0.2, 0.25) is 5.78 Å². The van der Waals surface area contributed by atoms with E-state index in [1.54, 1.807) is 0 Å². The SMILES string of the molecule is COCC#CC(=O)[C@](Cc1nccc2c1C[C@H](CCC1CC1)C2)(OCOC)[C@@H](C)CSC(C)=O. The second-order valence-corrected chi connectivity index (χ2v) is 10.8. The monoisotopic (exact) mass is 487 g/mol. The molecule has 0 aliphatic heterocycles. The van der Waals surface area contributed by atoms with Crippen LogP contribution in [0.1, 0.15) is 56.4 Å². The van der Waals surface area contributed by atoms with E-state index in [4.69, 9.17) is 19.2 Å². The molecule has 0 bridgehead atoms. The summed E-state index contributed by atoms with van der Waals surface area (Å²) in [5.74, 6) is 6.89. The Morgan fingerprint density at radius 1 is 1.21 bits per heavy atom. The van der Waals surface area contributed by atoms with Crippen molar-refractivity contribution in [3.63, 3.8) is 0 Å². The highest BCUT2D eigenvalue weighted by Crippen LogP contribution is 2.39. The Bertz CT molecular complexity index is 919. The fourth-order valence-electron chi connectivity index (χ4n) is 4.75. The van der Waals surface area contributed by atoms with Crippen LogP contribution in [0.25, 0.3) is 0 Å². The Morgan fingerprint density at radius 3 is 2.65 bits per heavy atom. The molecule has 7 heteroatoms. The Balaban J connectivity index is 1.90. The van der Waals surface area contributed by atoms with Crippen molar-refractivity contribution in [1.29, 1.82) is 0 Å². The molecular weight excluding hydrogens is 450 g/mol. The van der Waals surface area contributed by atoms with Crippen LogP contribution in [0.4, 0.5) is 0 Å². The number of hydrogen-bond acceptors (Lipinski definition) is 7. The van der Waals surface area contributed by atoms with E-state index in [9.17, 15) is 9.59 Å². The summed E-state index contributed by atoms with van der Waals surface area (Å²) in [6, 6.07) is 2.11. The van der Waals surface area contributed by atoms with Crippen LogP contribution in [-0.2, 0) is 43.1 Å². The number of fused-ring (bicyclic) bond motifs is 1. The molecule has 3 rings (SSSR count). The normalized spacial score (nSPS) is 19.6. The second kappa shape index (κ2) is 12.8. The van der Waals surface area contributed by atoms with Crippen molar-refractivity contribution in [3.05, 3.63) is 29.1 Å². The number of pyridine rings is 1. The van der Waals surface area contributed by atoms with Gasteiger partial charge in [-0.05, 0) is 54.2 Å². The van der Waals surface area contributed by atoms with Crippen LogP contribution in [0.2, 0.25) is 0 Å². The number of Topliss-reactive ketones (excluding diaryl/α,β-unsaturated/α-hetero) is 1. The fraction of sp³-hybridized carbons (Fsp3) is 0.667. The van der Waals surface area contributed by atoms with Gasteiger partial charge in [0.05, 0.1) is 0 Å². The maximum absolute atomic E-state index is 13.6. The summed E-state index contributed by atoms with van der Waals surface area (Å²) >= 11 is 1.19. The standard InChI is InChI=1S/C27H37NO5S/c1-19(17-34-20(2)29)27(33-18-32-4,26(30)6-5-13-31-3)16-25-24-15-22(10-9-21-7-8-21)14-23(24)11-12-28-25/h11-12,19,21-22H,7-10,13-18H2,1-4H3/t19-,22+,27+/m0/s1. The lowest BCUT2D eigenvalue weighted by molar-refractivity contribution is -0.167. The largest absolute Gasteiger partial charge is 0.372 e. The first-order chi connectivity index (χ1) is 16.4. The third-order valence-electron chi connectivity index (χ3n) is 6.92. The Labute approximate surface area is 207 Å². The zero-order valence-electron chi connectivity index (χ0n) is 20.9. The first kappa shape index (κ1) is 26.9. The van der Waals surface area contributed by atoms with Gasteiger partial charge in [-0.3, -0.25) is 14.6 Å². The molecule has 3 atom stereocenters. The van der Waals surface area contributed by atoms with Gasteiger partial charge in [-0.1, -0.05) is 43.9 Å². The van der Waals surface area contributed by atoms with Crippen LogP contribution in [0, 0.1) is 29.6 Å². The quantitative estimate of drug-likeness (QED) is 0.236. The zero-order valence-corrected chi connectivity index (χ0v) is 21.7. The van der Waals surface area contributed by atoms with Crippen molar-refractivity contribution in [2.75, 3.05) is 33.4 Å². The van der Waals surface area contributed by atoms with Gasteiger partial charge >= 0.3 is 0 Å². The van der Waals surface area contributed by atoms with E-state index in [1.807, 2.05) is 13.1 Å². The molecule has 1 aromatic heterocycles. The van der Waals surface area contributed by atoms with Gasteiger partial charge in [0.25, 0.3) is 0 Å². The highest BCUT2D eigenvalue weighted by atomic mass is 32.2. The maximum Gasteiger partial charge on any atom is 0.238 e. The molecule has 1 fully saturated rings. The molecule has 0 N–H and O–H groups in total. The average molecular weight is 488 g/mol. The molecule has 2 aliphatic rings. The van der Waals surface area contributed by atoms with Gasteiger partial charge in [0, 0.05) is 51.1 Å². The lowest BCUT2D eigenvalue weighted by Crippen LogP contribution is -2.50. The minimum Gasteiger partial charge on any atom is -0.372 e. The highest BCUT2D eigenvalue weighted by molar-refractivity contribution is 8.13. The summed E-state index contributed by atoms with van der Waals surface area (Å²) in [6.07, 6.45) is 9.53. The maximum atomic E-state index is 13.6. The molecule has 1 aromatic rings. The first-order valence-corrected chi connectivity index (χ1v) is 13.1. The van der Waals surface area contributed by atoms with E-state index in [0.29, 0.717) is 18.1 Å². The lowest BCUT2D eigenvalue weighted by atomic mass is 9.80. The van der Waals surface area contributed by atoms with Gasteiger partial charge < -0.3 is 14.2 Å². The molecule has 0 unspecified atom stereocenters. The number of nitrogens with zero attached hydrogens (tertiary/aromatic N) is 1. The molecule has 0 amide bonds. The molecule has 0 aromatic carbocycles. The van der Waals surface area contributed by atoms with E-state index in [1.165, 1.54) is 69.7 Å². The van der Waals surface area contributed by atoms with E-state index >= 15 is 0 Å². The van der Waals surface area contributed by atoms with Gasteiger partial charge in [0.15, 0.2) is 10.7 Å². The van der Waals surface area contributed by atoms with Gasteiger partial charge in [-0.25, -0.2) is 0 Å². The Morgan fingerprint density at radius 2 is 1.97 bits per heavy atom. The first-order valence-electron chi connectivity index (χ1n) is 12.1. The minimum absolute atomic E-state index is 0.00244. The van der Waals surface area contributed by atoms with Gasteiger partial charge in [0.1, 0.15) is 13.4 Å². The number of carbonyl (C=O) groups is 2. The molecule has 1 heterocycles. The van der Waals surface area contributed by atoms with Crippen molar-refractivity contribution < 1.29 is 23.8 Å². The van der Waals surface area contributed by atoms with Crippen molar-refractivity contribution in [2.45, 2.75) is 64.4 Å². The molecule has 186 valence electrons. The minimum atomic E-state index is -1.27. The zero-order chi connectivity index (χ0) is 24.6. The summed E-state index contributed by atoms with van der Waals surface area (Å²) in [6.45, 7) is 3.57. The van der Waals surface area contributed by atoms with Crippen LogP contribution in [0.3, 0.4) is 0 Å². The number of hydrogen-bond donors (Lipinski definition) is 0. The summed E-state index contributed by atoms with van der Waals surface area (Å²) in [4.78, 5) is 30.0.